The molecule has 1 aromatic rings. The zero-order chi connectivity index (χ0) is 10.1. The molecule has 1 aliphatic rings. The number of hydrogen-bond acceptors (Lipinski definition) is 3. The fraction of sp³-hybridized carbons (Fsp3) is 0.300. The highest BCUT2D eigenvalue weighted by atomic mass is 35.5. The summed E-state index contributed by atoms with van der Waals surface area (Å²) < 4.78 is 0. The van der Waals surface area contributed by atoms with Crippen LogP contribution in [0.3, 0.4) is 0 Å². The van der Waals surface area contributed by atoms with Gasteiger partial charge in [-0.15, -0.1) is 0 Å². The van der Waals surface area contributed by atoms with Crippen LogP contribution >= 0.6 is 11.6 Å². The first-order valence-electron chi connectivity index (χ1n) is 4.38. The third kappa shape index (κ3) is 1.61. The second-order valence-corrected chi connectivity index (χ2v) is 3.82. The predicted octanol–water partition coefficient (Wildman–Crippen LogP) is 1.33. The highest BCUT2D eigenvalue weighted by molar-refractivity contribution is 6.31. The van der Waals surface area contributed by atoms with Gasteiger partial charge in [0.2, 0.25) is 0 Å². The van der Waals surface area contributed by atoms with Gasteiger partial charge in [-0.25, -0.2) is 0 Å². The Balaban J connectivity index is 2.28. The molecule has 3 nitrogen and oxygen atoms in total. The molecule has 14 heavy (non-hydrogen) atoms. The normalized spacial score (nSPS) is 16.6. The van der Waals surface area contributed by atoms with Crippen molar-refractivity contribution < 1.29 is 9.90 Å². The van der Waals surface area contributed by atoms with E-state index in [4.69, 9.17) is 16.7 Å². The van der Waals surface area contributed by atoms with Crippen molar-refractivity contribution in [2.45, 2.75) is 6.10 Å². The number of rotatable bonds is 2. The number of halogens is 1. The Kier molecular flexibility index (Phi) is 2.44. The van der Waals surface area contributed by atoms with Crippen LogP contribution in [-0.4, -0.2) is 30.6 Å². The van der Waals surface area contributed by atoms with Crippen LogP contribution in [0.15, 0.2) is 18.2 Å². The standard InChI is InChI=1S/C10H10ClNO2/c11-8-1-2-10(7(3-8)6-13)12-4-9(14)5-12/h1-3,6,9,14H,4-5H2. The lowest BCUT2D eigenvalue weighted by atomic mass is 10.1. The first-order chi connectivity index (χ1) is 6.70. The van der Waals surface area contributed by atoms with Crippen molar-refractivity contribution in [2.24, 2.45) is 0 Å². The molecule has 4 heteroatoms. The summed E-state index contributed by atoms with van der Waals surface area (Å²) in [6.45, 7) is 1.17. The second kappa shape index (κ2) is 3.59. The van der Waals surface area contributed by atoms with E-state index < -0.39 is 0 Å². The molecule has 0 saturated carbocycles. The molecule has 0 bridgehead atoms. The molecule has 1 saturated heterocycles. The summed E-state index contributed by atoms with van der Waals surface area (Å²) in [6.07, 6.45) is 0.511. The minimum atomic E-state index is -0.273. The summed E-state index contributed by atoms with van der Waals surface area (Å²) in [4.78, 5) is 12.7. The third-order valence-electron chi connectivity index (χ3n) is 2.32. The highest BCUT2D eigenvalue weighted by Crippen LogP contribution is 2.26. The van der Waals surface area contributed by atoms with E-state index in [2.05, 4.69) is 0 Å². The Hall–Kier alpha value is -1.06. The lowest BCUT2D eigenvalue weighted by molar-refractivity contribution is 0.112. The van der Waals surface area contributed by atoms with Crippen LogP contribution in [0.1, 0.15) is 10.4 Å². The topological polar surface area (TPSA) is 40.5 Å². The Morgan fingerprint density at radius 2 is 2.21 bits per heavy atom. The lowest BCUT2D eigenvalue weighted by Crippen LogP contribution is -2.51. The van der Waals surface area contributed by atoms with Gasteiger partial charge >= 0.3 is 0 Å². The molecule has 0 aliphatic carbocycles. The third-order valence-corrected chi connectivity index (χ3v) is 2.55. The molecule has 1 heterocycles. The molecule has 2 rings (SSSR count). The summed E-state index contributed by atoms with van der Waals surface area (Å²) in [5.41, 5.74) is 1.42. The quantitative estimate of drug-likeness (QED) is 0.751. The molecule has 74 valence electrons. The fourth-order valence-electron chi connectivity index (χ4n) is 1.56. The summed E-state index contributed by atoms with van der Waals surface area (Å²) in [5, 5.41) is 9.69. The van der Waals surface area contributed by atoms with Gasteiger partial charge in [-0.3, -0.25) is 4.79 Å². The molecule has 0 radical (unpaired) electrons. The van der Waals surface area contributed by atoms with Crippen LogP contribution in [0.2, 0.25) is 5.02 Å². The zero-order valence-corrected chi connectivity index (χ0v) is 8.24. The SMILES string of the molecule is O=Cc1cc(Cl)ccc1N1CC(O)C1. The maximum Gasteiger partial charge on any atom is 0.152 e. The van der Waals surface area contributed by atoms with Gasteiger partial charge < -0.3 is 10.0 Å². The fourth-order valence-corrected chi connectivity index (χ4v) is 1.74. The summed E-state index contributed by atoms with van der Waals surface area (Å²) in [7, 11) is 0. The number of anilines is 1. The number of carbonyl (C=O) groups is 1. The largest absolute Gasteiger partial charge is 0.389 e. The van der Waals surface area contributed by atoms with E-state index in [1.54, 1.807) is 18.2 Å². The van der Waals surface area contributed by atoms with Gasteiger partial charge in [-0.2, -0.15) is 0 Å². The Morgan fingerprint density at radius 1 is 1.50 bits per heavy atom. The van der Waals surface area contributed by atoms with E-state index in [-0.39, 0.29) is 6.10 Å². The van der Waals surface area contributed by atoms with E-state index in [0.29, 0.717) is 23.7 Å². The van der Waals surface area contributed by atoms with E-state index in [1.165, 1.54) is 0 Å². The molecule has 1 N–H and O–H groups in total. The molecule has 1 fully saturated rings. The number of hydrogen-bond donors (Lipinski definition) is 1. The maximum atomic E-state index is 10.8. The van der Waals surface area contributed by atoms with Gasteiger partial charge in [0.15, 0.2) is 6.29 Å². The number of aldehydes is 1. The van der Waals surface area contributed by atoms with Crippen LogP contribution < -0.4 is 4.90 Å². The number of nitrogens with zero attached hydrogens (tertiary/aromatic N) is 1. The van der Waals surface area contributed by atoms with E-state index in [1.807, 2.05) is 4.90 Å². The van der Waals surface area contributed by atoms with Crippen LogP contribution in [0.5, 0.6) is 0 Å². The molecule has 0 atom stereocenters. The van der Waals surface area contributed by atoms with Gasteiger partial charge in [0, 0.05) is 29.4 Å². The monoisotopic (exact) mass is 211 g/mol. The Labute approximate surface area is 86.9 Å². The molecule has 1 aromatic carbocycles. The number of aliphatic hydroxyl groups is 1. The minimum Gasteiger partial charge on any atom is -0.389 e. The molecule has 0 aromatic heterocycles. The van der Waals surface area contributed by atoms with Crippen molar-refractivity contribution in [1.29, 1.82) is 0 Å². The number of β-amino-alcohol motifs (C(OH)–C–C–N with tert-alkyl or cyclic N) is 1. The van der Waals surface area contributed by atoms with Crippen LogP contribution in [0.25, 0.3) is 0 Å². The smallest absolute Gasteiger partial charge is 0.152 e. The summed E-state index contributed by atoms with van der Waals surface area (Å²) >= 11 is 5.76. The van der Waals surface area contributed by atoms with Gasteiger partial charge in [-0.05, 0) is 18.2 Å². The minimum absolute atomic E-state index is 0.273. The van der Waals surface area contributed by atoms with Gasteiger partial charge in [0.1, 0.15) is 0 Å². The molecule has 0 amide bonds. The summed E-state index contributed by atoms with van der Waals surface area (Å²) in [5.74, 6) is 0. The van der Waals surface area contributed by atoms with Crippen LogP contribution in [0, 0.1) is 0 Å². The van der Waals surface area contributed by atoms with E-state index in [9.17, 15) is 4.79 Å². The van der Waals surface area contributed by atoms with Gasteiger partial charge in [-0.1, -0.05) is 11.6 Å². The summed E-state index contributed by atoms with van der Waals surface area (Å²) in [6, 6.07) is 5.18. The first-order valence-corrected chi connectivity index (χ1v) is 4.76. The van der Waals surface area contributed by atoms with Crippen molar-refractivity contribution in [3.8, 4) is 0 Å². The number of carbonyl (C=O) groups excluding carboxylic acids is 1. The first kappa shape index (κ1) is 9.49. The molecule has 1 aliphatic heterocycles. The lowest BCUT2D eigenvalue weighted by Gasteiger charge is -2.38. The Bertz CT molecular complexity index is 361. The molecule has 0 spiro atoms. The van der Waals surface area contributed by atoms with Crippen LogP contribution in [-0.2, 0) is 0 Å². The average molecular weight is 212 g/mol. The van der Waals surface area contributed by atoms with Crippen molar-refractivity contribution in [1.82, 2.24) is 0 Å². The van der Waals surface area contributed by atoms with Crippen molar-refractivity contribution in [3.05, 3.63) is 28.8 Å². The second-order valence-electron chi connectivity index (χ2n) is 3.38. The predicted molar refractivity (Wildman–Crippen MR) is 55.1 cm³/mol. The molecule has 0 unspecified atom stereocenters. The van der Waals surface area contributed by atoms with Gasteiger partial charge in [0.05, 0.1) is 6.10 Å². The number of benzene rings is 1. The van der Waals surface area contributed by atoms with E-state index >= 15 is 0 Å². The van der Waals surface area contributed by atoms with Crippen molar-refractivity contribution in [3.63, 3.8) is 0 Å². The molecular weight excluding hydrogens is 202 g/mol. The average Bonchev–Trinajstić information content (AvgIpc) is 2.13. The highest BCUT2D eigenvalue weighted by Gasteiger charge is 2.26. The van der Waals surface area contributed by atoms with E-state index in [0.717, 1.165) is 12.0 Å². The van der Waals surface area contributed by atoms with Gasteiger partial charge in [0.25, 0.3) is 0 Å². The van der Waals surface area contributed by atoms with Crippen molar-refractivity contribution >= 4 is 23.6 Å². The maximum absolute atomic E-state index is 10.8. The van der Waals surface area contributed by atoms with Crippen LogP contribution in [0.4, 0.5) is 5.69 Å². The van der Waals surface area contributed by atoms with Crippen molar-refractivity contribution in [2.75, 3.05) is 18.0 Å². The molecular formula is C10H10ClNO2. The Morgan fingerprint density at radius 3 is 2.79 bits per heavy atom. The zero-order valence-electron chi connectivity index (χ0n) is 7.48. The number of aliphatic hydroxyl groups excluding tert-OH is 1.